The average Bonchev–Trinajstić information content (AvgIpc) is 2.79. The lowest BCUT2D eigenvalue weighted by Gasteiger charge is -2.30. The van der Waals surface area contributed by atoms with Gasteiger partial charge in [-0.1, -0.05) is 48.5 Å². The minimum absolute atomic E-state index is 0.188. The Hall–Kier alpha value is -3.80. The lowest BCUT2D eigenvalue weighted by Crippen LogP contribution is -2.44. The molecule has 6 heteroatoms. The summed E-state index contributed by atoms with van der Waals surface area (Å²) in [6.07, 6.45) is 6.36. The Kier molecular flexibility index (Phi) is 6.84. The number of carbonyl (C=O) groups excluding carboxylic acids is 2. The van der Waals surface area contributed by atoms with E-state index in [0.29, 0.717) is 12.1 Å². The summed E-state index contributed by atoms with van der Waals surface area (Å²) in [5, 5.41) is 2.93. The van der Waals surface area contributed by atoms with E-state index in [1.54, 1.807) is 55.0 Å². The Morgan fingerprint density at radius 3 is 2.48 bits per heavy atom. The molecule has 0 spiro atoms. The van der Waals surface area contributed by atoms with E-state index in [1.807, 2.05) is 30.3 Å². The maximum atomic E-state index is 13.2. The summed E-state index contributed by atoms with van der Waals surface area (Å²) in [6.45, 7) is 4.29. The maximum absolute atomic E-state index is 13.2. The first-order valence-electron chi connectivity index (χ1n) is 9.25. The molecule has 0 radical (unpaired) electrons. The Balaban J connectivity index is 1.91. The first-order chi connectivity index (χ1) is 14.2. The molecule has 0 fully saturated rings. The molecule has 0 aliphatic carbocycles. The highest BCUT2D eigenvalue weighted by Crippen LogP contribution is 2.22. The van der Waals surface area contributed by atoms with Gasteiger partial charge in [-0.05, 0) is 23.8 Å². The fraction of sp³-hybridized carbons (Fsp3) is 0.130. The number of carbonyl (C=O) groups is 2. The summed E-state index contributed by atoms with van der Waals surface area (Å²) >= 11 is 0. The van der Waals surface area contributed by atoms with Gasteiger partial charge in [0.25, 0.3) is 5.91 Å². The molecule has 0 aliphatic rings. The van der Waals surface area contributed by atoms with Crippen molar-refractivity contribution in [3.8, 4) is 0 Å². The Morgan fingerprint density at radius 2 is 1.83 bits per heavy atom. The number of aromatic nitrogens is 2. The zero-order valence-corrected chi connectivity index (χ0v) is 15.9. The highest BCUT2D eigenvalue weighted by atomic mass is 16.2. The zero-order chi connectivity index (χ0) is 20.5. The molecule has 0 saturated carbocycles. The Morgan fingerprint density at radius 1 is 1.03 bits per heavy atom. The number of amides is 2. The van der Waals surface area contributed by atoms with Crippen LogP contribution in [-0.2, 0) is 11.3 Å². The number of pyridine rings is 2. The maximum Gasteiger partial charge on any atom is 0.273 e. The van der Waals surface area contributed by atoms with Crippen LogP contribution in [0, 0.1) is 0 Å². The van der Waals surface area contributed by atoms with E-state index in [2.05, 4.69) is 21.9 Å². The lowest BCUT2D eigenvalue weighted by molar-refractivity contribution is -0.126. The number of hydrogen-bond acceptors (Lipinski definition) is 4. The fourth-order valence-corrected chi connectivity index (χ4v) is 2.97. The van der Waals surface area contributed by atoms with Crippen LogP contribution in [0.25, 0.3) is 0 Å². The first kappa shape index (κ1) is 19.9. The van der Waals surface area contributed by atoms with Crippen LogP contribution in [0.5, 0.6) is 0 Å². The van der Waals surface area contributed by atoms with Crippen molar-refractivity contribution in [2.45, 2.75) is 12.6 Å². The molecule has 0 saturated heterocycles. The second-order valence-electron chi connectivity index (χ2n) is 6.35. The molecule has 1 N–H and O–H groups in total. The van der Waals surface area contributed by atoms with Crippen LogP contribution in [0.1, 0.15) is 27.7 Å². The molecule has 2 amide bonds. The molecule has 1 aromatic carbocycles. The van der Waals surface area contributed by atoms with Gasteiger partial charge in [-0.15, -0.1) is 6.58 Å². The van der Waals surface area contributed by atoms with Gasteiger partial charge in [-0.3, -0.25) is 19.6 Å². The number of benzene rings is 1. The van der Waals surface area contributed by atoms with Crippen LogP contribution in [0.3, 0.4) is 0 Å². The number of hydrogen-bond donors (Lipinski definition) is 1. The van der Waals surface area contributed by atoms with Crippen LogP contribution >= 0.6 is 0 Å². The molecule has 2 aromatic heterocycles. The number of nitrogens with zero attached hydrogens (tertiary/aromatic N) is 3. The molecule has 146 valence electrons. The lowest BCUT2D eigenvalue weighted by atomic mass is 10.1. The molecule has 0 bridgehead atoms. The molecule has 29 heavy (non-hydrogen) atoms. The van der Waals surface area contributed by atoms with Crippen molar-refractivity contribution >= 4 is 11.8 Å². The molecule has 3 rings (SSSR count). The van der Waals surface area contributed by atoms with Crippen molar-refractivity contribution in [2.24, 2.45) is 0 Å². The monoisotopic (exact) mass is 386 g/mol. The van der Waals surface area contributed by atoms with Crippen LogP contribution in [0.4, 0.5) is 0 Å². The van der Waals surface area contributed by atoms with Crippen LogP contribution < -0.4 is 5.32 Å². The molecule has 1 unspecified atom stereocenters. The quantitative estimate of drug-likeness (QED) is 0.604. The molecule has 0 aliphatic heterocycles. The number of nitrogens with one attached hydrogen (secondary N) is 1. The van der Waals surface area contributed by atoms with E-state index >= 15 is 0 Å². The van der Waals surface area contributed by atoms with E-state index in [1.165, 1.54) is 4.90 Å². The van der Waals surface area contributed by atoms with E-state index in [-0.39, 0.29) is 24.1 Å². The van der Waals surface area contributed by atoms with Crippen molar-refractivity contribution in [3.05, 3.63) is 109 Å². The van der Waals surface area contributed by atoms with E-state index in [0.717, 1.165) is 5.56 Å². The highest BCUT2D eigenvalue weighted by molar-refractivity contribution is 5.96. The Labute approximate surface area is 169 Å². The van der Waals surface area contributed by atoms with Crippen molar-refractivity contribution in [2.75, 3.05) is 6.54 Å². The smallest absolute Gasteiger partial charge is 0.273 e. The zero-order valence-electron chi connectivity index (χ0n) is 15.9. The number of rotatable bonds is 8. The first-order valence-corrected chi connectivity index (χ1v) is 9.25. The average molecular weight is 386 g/mol. The second-order valence-corrected chi connectivity index (χ2v) is 6.35. The fourth-order valence-electron chi connectivity index (χ4n) is 2.97. The summed E-state index contributed by atoms with van der Waals surface area (Å²) in [7, 11) is 0. The van der Waals surface area contributed by atoms with Gasteiger partial charge in [0, 0.05) is 37.2 Å². The minimum atomic E-state index is -0.861. The molecule has 6 nitrogen and oxygen atoms in total. The molecule has 2 heterocycles. The van der Waals surface area contributed by atoms with Gasteiger partial charge in [0.15, 0.2) is 0 Å². The minimum Gasteiger partial charge on any atom is -0.350 e. The summed E-state index contributed by atoms with van der Waals surface area (Å²) in [6, 6.07) is 17.4. The SMILES string of the molecule is C=CCN(C(=O)c1ccccn1)C(C(=O)NCc1ccccc1)c1cccnc1. The van der Waals surface area contributed by atoms with Gasteiger partial charge in [-0.2, -0.15) is 0 Å². The summed E-state index contributed by atoms with van der Waals surface area (Å²) < 4.78 is 0. The third kappa shape index (κ3) is 5.13. The van der Waals surface area contributed by atoms with Gasteiger partial charge < -0.3 is 10.2 Å². The summed E-state index contributed by atoms with van der Waals surface area (Å²) in [4.78, 5) is 36.0. The molecule has 3 aromatic rings. The molecular formula is C23H22N4O2. The summed E-state index contributed by atoms with van der Waals surface area (Å²) in [5.74, 6) is -0.651. The highest BCUT2D eigenvalue weighted by Gasteiger charge is 2.31. The largest absolute Gasteiger partial charge is 0.350 e. The van der Waals surface area contributed by atoms with Crippen molar-refractivity contribution < 1.29 is 9.59 Å². The van der Waals surface area contributed by atoms with E-state index in [4.69, 9.17) is 0 Å². The van der Waals surface area contributed by atoms with Gasteiger partial charge in [-0.25, -0.2) is 0 Å². The summed E-state index contributed by atoms with van der Waals surface area (Å²) in [5.41, 5.74) is 1.85. The topological polar surface area (TPSA) is 75.2 Å². The van der Waals surface area contributed by atoms with Gasteiger partial charge in [0.2, 0.25) is 5.91 Å². The van der Waals surface area contributed by atoms with Crippen molar-refractivity contribution in [3.63, 3.8) is 0 Å². The third-order valence-electron chi connectivity index (χ3n) is 4.34. The second kappa shape index (κ2) is 9.94. The predicted molar refractivity (Wildman–Crippen MR) is 111 cm³/mol. The predicted octanol–water partition coefficient (Wildman–Crippen LogP) is 3.16. The van der Waals surface area contributed by atoms with Crippen molar-refractivity contribution in [1.82, 2.24) is 20.2 Å². The van der Waals surface area contributed by atoms with Crippen LogP contribution in [-0.4, -0.2) is 33.2 Å². The van der Waals surface area contributed by atoms with E-state index in [9.17, 15) is 9.59 Å². The standard InChI is InChI=1S/C23H22N4O2/c1-2-15-27(23(29)20-12-6-7-14-25-20)21(19-11-8-13-24-17-19)22(28)26-16-18-9-4-3-5-10-18/h2-14,17,21H,1,15-16H2,(H,26,28). The van der Waals surface area contributed by atoms with Crippen LogP contribution in [0.15, 0.2) is 91.9 Å². The Bertz CT molecular complexity index is 946. The van der Waals surface area contributed by atoms with Crippen molar-refractivity contribution in [1.29, 1.82) is 0 Å². The third-order valence-corrected chi connectivity index (χ3v) is 4.34. The van der Waals surface area contributed by atoms with Gasteiger partial charge >= 0.3 is 0 Å². The normalized spacial score (nSPS) is 11.3. The molecule has 1 atom stereocenters. The van der Waals surface area contributed by atoms with Gasteiger partial charge in [0.05, 0.1) is 0 Å². The van der Waals surface area contributed by atoms with Gasteiger partial charge in [0.1, 0.15) is 11.7 Å². The van der Waals surface area contributed by atoms with E-state index < -0.39 is 6.04 Å². The van der Waals surface area contributed by atoms with Crippen LogP contribution in [0.2, 0.25) is 0 Å². The molecular weight excluding hydrogens is 364 g/mol.